The Balaban J connectivity index is 1.62. The maximum atomic E-state index is 13.3. The maximum absolute atomic E-state index is 13.3. The fourth-order valence-electron chi connectivity index (χ4n) is 4.00. The summed E-state index contributed by atoms with van der Waals surface area (Å²) in [6.07, 6.45) is -3.48. The third-order valence-electron chi connectivity index (χ3n) is 5.48. The number of carbonyl (C=O) groups is 2. The van der Waals surface area contributed by atoms with E-state index in [1.807, 2.05) is 30.3 Å². The summed E-state index contributed by atoms with van der Waals surface area (Å²) >= 11 is 5.69. The largest absolute Gasteiger partial charge is 0.417 e. The van der Waals surface area contributed by atoms with Gasteiger partial charge >= 0.3 is 6.18 Å². The van der Waals surface area contributed by atoms with Crippen molar-refractivity contribution in [2.75, 3.05) is 4.90 Å². The van der Waals surface area contributed by atoms with Gasteiger partial charge in [0.05, 0.1) is 45.0 Å². The molecule has 2 amide bonds. The van der Waals surface area contributed by atoms with Gasteiger partial charge in [0.2, 0.25) is 0 Å². The number of aromatic nitrogens is 3. The van der Waals surface area contributed by atoms with E-state index in [1.165, 1.54) is 12.3 Å². The van der Waals surface area contributed by atoms with E-state index < -0.39 is 28.6 Å². The molecule has 0 unspecified atom stereocenters. The number of fused-ring (bicyclic) bond motifs is 3. The van der Waals surface area contributed by atoms with Crippen LogP contribution in [0.25, 0.3) is 11.0 Å². The van der Waals surface area contributed by atoms with Gasteiger partial charge in [-0.25, -0.2) is 14.6 Å². The third-order valence-corrected chi connectivity index (χ3v) is 5.80. The first kappa shape index (κ1) is 21.1. The molecule has 0 fully saturated rings. The molecule has 1 aliphatic rings. The fourth-order valence-corrected chi connectivity index (χ4v) is 4.22. The van der Waals surface area contributed by atoms with Crippen molar-refractivity contribution in [3.8, 4) is 0 Å². The van der Waals surface area contributed by atoms with Gasteiger partial charge in [0, 0.05) is 6.20 Å². The normalized spacial score (nSPS) is 13.8. The SMILES string of the molecule is Cc1nn(Cc2ccccc2)c2ncc3c(c12)C(=O)N(c1ccc(Cl)c(C(F)(F)F)c1)C3=O. The number of halogens is 4. The van der Waals surface area contributed by atoms with Gasteiger partial charge in [-0.3, -0.25) is 9.59 Å². The highest BCUT2D eigenvalue weighted by Crippen LogP contribution is 2.39. The molecule has 0 radical (unpaired) electrons. The van der Waals surface area contributed by atoms with Crippen LogP contribution in [0.5, 0.6) is 0 Å². The molecule has 0 N–H and O–H groups in total. The summed E-state index contributed by atoms with van der Waals surface area (Å²) in [6, 6.07) is 12.4. The Morgan fingerprint density at radius 3 is 2.45 bits per heavy atom. The minimum Gasteiger partial charge on any atom is -0.268 e. The summed E-state index contributed by atoms with van der Waals surface area (Å²) in [6.45, 7) is 2.09. The minimum absolute atomic E-state index is 0.0124. The standard InChI is InChI=1S/C23H14ClF3N4O2/c1-12-18-19-15(10-28-20(18)30(29-12)11-13-5-3-2-4-6-13)21(32)31(22(19)33)14-7-8-17(24)16(9-14)23(25,26)27/h2-10H,11H2,1H3. The average molecular weight is 471 g/mol. The Kier molecular flexibility index (Phi) is 4.75. The molecule has 0 aliphatic carbocycles. The molecular formula is C23H14ClF3N4O2. The van der Waals surface area contributed by atoms with E-state index in [0.717, 1.165) is 11.6 Å². The van der Waals surface area contributed by atoms with Gasteiger partial charge in [-0.15, -0.1) is 0 Å². The molecule has 0 saturated heterocycles. The monoisotopic (exact) mass is 470 g/mol. The van der Waals surface area contributed by atoms with E-state index in [-0.39, 0.29) is 16.8 Å². The zero-order chi connectivity index (χ0) is 23.5. The molecule has 0 bridgehead atoms. The zero-order valence-corrected chi connectivity index (χ0v) is 17.8. The highest BCUT2D eigenvalue weighted by atomic mass is 35.5. The lowest BCUT2D eigenvalue weighted by Crippen LogP contribution is -2.29. The molecule has 3 heterocycles. The molecule has 2 aromatic carbocycles. The molecule has 1 aliphatic heterocycles. The molecule has 2 aromatic heterocycles. The number of rotatable bonds is 3. The lowest BCUT2D eigenvalue weighted by molar-refractivity contribution is -0.137. The van der Waals surface area contributed by atoms with Crippen molar-refractivity contribution in [1.29, 1.82) is 0 Å². The first-order chi connectivity index (χ1) is 15.7. The van der Waals surface area contributed by atoms with E-state index >= 15 is 0 Å². The third kappa shape index (κ3) is 3.36. The Hall–Kier alpha value is -3.72. The smallest absolute Gasteiger partial charge is 0.268 e. The predicted octanol–water partition coefficient (Wildman–Crippen LogP) is 5.26. The summed E-state index contributed by atoms with van der Waals surface area (Å²) in [4.78, 5) is 31.4. The van der Waals surface area contributed by atoms with Crippen LogP contribution in [0.3, 0.4) is 0 Å². The van der Waals surface area contributed by atoms with Crippen molar-refractivity contribution in [2.45, 2.75) is 19.6 Å². The molecule has 6 nitrogen and oxygen atoms in total. The van der Waals surface area contributed by atoms with Crippen LogP contribution in [0.2, 0.25) is 5.02 Å². The molecule has 33 heavy (non-hydrogen) atoms. The number of benzene rings is 2. The van der Waals surface area contributed by atoms with E-state index in [0.29, 0.717) is 34.2 Å². The number of amides is 2. The van der Waals surface area contributed by atoms with E-state index in [2.05, 4.69) is 10.1 Å². The minimum atomic E-state index is -4.74. The zero-order valence-electron chi connectivity index (χ0n) is 17.0. The van der Waals surface area contributed by atoms with Crippen molar-refractivity contribution in [3.63, 3.8) is 0 Å². The first-order valence-electron chi connectivity index (χ1n) is 9.82. The van der Waals surface area contributed by atoms with Gasteiger partial charge in [0.25, 0.3) is 11.8 Å². The Bertz CT molecular complexity index is 1450. The van der Waals surface area contributed by atoms with Crippen molar-refractivity contribution < 1.29 is 22.8 Å². The summed E-state index contributed by atoms with van der Waals surface area (Å²) in [7, 11) is 0. The summed E-state index contributed by atoms with van der Waals surface area (Å²) in [5.74, 6) is -1.49. The van der Waals surface area contributed by atoms with Gasteiger partial charge in [-0.05, 0) is 30.7 Å². The van der Waals surface area contributed by atoms with Crippen LogP contribution in [-0.4, -0.2) is 26.6 Å². The van der Waals surface area contributed by atoms with Crippen LogP contribution in [0.1, 0.15) is 37.5 Å². The van der Waals surface area contributed by atoms with E-state index in [1.54, 1.807) is 11.6 Å². The number of pyridine rings is 1. The molecule has 5 rings (SSSR count). The first-order valence-corrected chi connectivity index (χ1v) is 10.2. The number of alkyl halides is 3. The number of hydrogen-bond acceptors (Lipinski definition) is 4. The molecule has 0 saturated carbocycles. The van der Waals surface area contributed by atoms with Crippen molar-refractivity contribution in [1.82, 2.24) is 14.8 Å². The Labute approximate surface area is 190 Å². The Morgan fingerprint density at radius 1 is 1.03 bits per heavy atom. The van der Waals surface area contributed by atoms with Crippen LogP contribution in [0, 0.1) is 6.92 Å². The highest BCUT2D eigenvalue weighted by molar-refractivity contribution is 6.37. The number of carbonyl (C=O) groups excluding carboxylic acids is 2. The van der Waals surface area contributed by atoms with Gasteiger partial charge in [-0.1, -0.05) is 41.9 Å². The van der Waals surface area contributed by atoms with Crippen LogP contribution < -0.4 is 4.90 Å². The van der Waals surface area contributed by atoms with E-state index in [4.69, 9.17) is 11.6 Å². The van der Waals surface area contributed by atoms with Crippen molar-refractivity contribution in [3.05, 3.63) is 87.7 Å². The van der Waals surface area contributed by atoms with Crippen molar-refractivity contribution in [2.24, 2.45) is 0 Å². The second-order valence-electron chi connectivity index (χ2n) is 7.58. The molecule has 166 valence electrons. The topological polar surface area (TPSA) is 68.1 Å². The number of imide groups is 1. The molecule has 10 heteroatoms. The molecule has 4 aromatic rings. The number of aryl methyl sites for hydroxylation is 1. The van der Waals surface area contributed by atoms with Gasteiger partial charge in [0.1, 0.15) is 0 Å². The lowest BCUT2D eigenvalue weighted by Gasteiger charge is -2.17. The van der Waals surface area contributed by atoms with Crippen LogP contribution in [0.4, 0.5) is 18.9 Å². The molecule has 0 atom stereocenters. The number of nitrogens with zero attached hydrogens (tertiary/aromatic N) is 4. The average Bonchev–Trinajstić information content (AvgIpc) is 3.22. The van der Waals surface area contributed by atoms with Gasteiger partial charge in [-0.2, -0.15) is 18.3 Å². The highest BCUT2D eigenvalue weighted by Gasteiger charge is 2.41. The van der Waals surface area contributed by atoms with Crippen molar-refractivity contribution >= 4 is 40.1 Å². The molecule has 0 spiro atoms. The Morgan fingerprint density at radius 2 is 1.76 bits per heavy atom. The van der Waals surface area contributed by atoms with Crippen LogP contribution in [-0.2, 0) is 12.7 Å². The summed E-state index contributed by atoms with van der Waals surface area (Å²) in [5.41, 5.74) is 0.595. The number of hydrogen-bond donors (Lipinski definition) is 0. The predicted molar refractivity (Wildman–Crippen MR) is 115 cm³/mol. The second-order valence-corrected chi connectivity index (χ2v) is 7.99. The molecular weight excluding hydrogens is 457 g/mol. The fraction of sp³-hybridized carbons (Fsp3) is 0.130. The second kappa shape index (κ2) is 7.41. The number of anilines is 1. The quantitative estimate of drug-likeness (QED) is 0.383. The van der Waals surface area contributed by atoms with Gasteiger partial charge in [0.15, 0.2) is 5.65 Å². The summed E-state index contributed by atoms with van der Waals surface area (Å²) in [5, 5.41) is 4.36. The van der Waals surface area contributed by atoms with E-state index in [9.17, 15) is 22.8 Å². The summed E-state index contributed by atoms with van der Waals surface area (Å²) < 4.78 is 41.6. The maximum Gasteiger partial charge on any atom is 0.417 e. The lowest BCUT2D eigenvalue weighted by atomic mass is 10.1. The van der Waals surface area contributed by atoms with Crippen LogP contribution >= 0.6 is 11.6 Å². The van der Waals surface area contributed by atoms with Crippen LogP contribution in [0.15, 0.2) is 54.7 Å². The van der Waals surface area contributed by atoms with Gasteiger partial charge < -0.3 is 0 Å².